The van der Waals surface area contributed by atoms with Gasteiger partial charge in [-0.1, -0.05) is 25.7 Å². The highest BCUT2D eigenvalue weighted by atomic mass is 16.2. The second kappa shape index (κ2) is 5.85. The first kappa shape index (κ1) is 12.9. The van der Waals surface area contributed by atoms with E-state index in [9.17, 15) is 4.79 Å². The Morgan fingerprint density at radius 3 is 2.29 bits per heavy atom. The highest BCUT2D eigenvalue weighted by Crippen LogP contribution is 2.24. The second-order valence-corrected chi connectivity index (χ2v) is 5.73. The summed E-state index contributed by atoms with van der Waals surface area (Å²) in [5.74, 6) is 0.581. The van der Waals surface area contributed by atoms with E-state index in [0.717, 1.165) is 13.0 Å². The van der Waals surface area contributed by atoms with Crippen molar-refractivity contribution in [3.63, 3.8) is 0 Å². The fourth-order valence-corrected chi connectivity index (χ4v) is 3.28. The van der Waals surface area contributed by atoms with Crippen molar-refractivity contribution in [2.45, 2.75) is 64.0 Å². The van der Waals surface area contributed by atoms with Crippen LogP contribution in [0, 0.1) is 5.92 Å². The normalized spacial score (nSPS) is 31.2. The summed E-state index contributed by atoms with van der Waals surface area (Å²) in [4.78, 5) is 14.5. The van der Waals surface area contributed by atoms with Gasteiger partial charge in [-0.2, -0.15) is 0 Å². The lowest BCUT2D eigenvalue weighted by Gasteiger charge is -2.30. The van der Waals surface area contributed by atoms with E-state index >= 15 is 0 Å². The molecular formula is C14H26N2O. The molecule has 0 aromatic rings. The van der Waals surface area contributed by atoms with Crippen molar-refractivity contribution in [2.24, 2.45) is 5.92 Å². The van der Waals surface area contributed by atoms with Gasteiger partial charge in [-0.15, -0.1) is 0 Å². The molecule has 1 N–H and O–H groups in total. The molecule has 1 saturated carbocycles. The molecule has 1 aliphatic carbocycles. The second-order valence-electron chi connectivity index (χ2n) is 5.73. The zero-order valence-electron chi connectivity index (χ0n) is 11.2. The minimum absolute atomic E-state index is 0.211. The summed E-state index contributed by atoms with van der Waals surface area (Å²) in [6.07, 6.45) is 8.70. The summed E-state index contributed by atoms with van der Waals surface area (Å²) in [5, 5.41) is 3.37. The zero-order chi connectivity index (χ0) is 12.3. The lowest BCUT2D eigenvalue weighted by molar-refractivity contribution is -0.136. The molecule has 1 aliphatic heterocycles. The Morgan fingerprint density at radius 2 is 1.76 bits per heavy atom. The van der Waals surface area contributed by atoms with Gasteiger partial charge in [0, 0.05) is 19.1 Å². The van der Waals surface area contributed by atoms with Gasteiger partial charge in [-0.3, -0.25) is 4.79 Å². The lowest BCUT2D eigenvalue weighted by atomic mass is 9.98. The van der Waals surface area contributed by atoms with Gasteiger partial charge in [0.15, 0.2) is 0 Å². The minimum Gasteiger partial charge on any atom is -0.342 e. The number of rotatable bonds is 2. The first-order valence-electron chi connectivity index (χ1n) is 7.20. The Morgan fingerprint density at radius 1 is 1.12 bits per heavy atom. The fourth-order valence-electron chi connectivity index (χ4n) is 3.28. The number of nitrogens with one attached hydrogen (secondary N) is 1. The van der Waals surface area contributed by atoms with E-state index in [1.54, 1.807) is 0 Å². The van der Waals surface area contributed by atoms with Crippen LogP contribution in [0.5, 0.6) is 0 Å². The Labute approximate surface area is 105 Å². The average Bonchev–Trinajstić information content (AvgIpc) is 2.60. The molecule has 98 valence electrons. The maximum atomic E-state index is 12.5. The van der Waals surface area contributed by atoms with Crippen LogP contribution in [0.4, 0.5) is 0 Å². The lowest BCUT2D eigenvalue weighted by Crippen LogP contribution is -2.43. The van der Waals surface area contributed by atoms with Crippen molar-refractivity contribution >= 4 is 5.91 Å². The van der Waals surface area contributed by atoms with E-state index < -0.39 is 0 Å². The highest BCUT2D eigenvalue weighted by Gasteiger charge is 2.33. The Hall–Kier alpha value is -0.570. The molecule has 1 heterocycles. The van der Waals surface area contributed by atoms with Gasteiger partial charge in [0.05, 0.1) is 5.92 Å². The van der Waals surface area contributed by atoms with E-state index in [0.29, 0.717) is 18.0 Å². The van der Waals surface area contributed by atoms with E-state index in [-0.39, 0.29) is 5.92 Å². The predicted molar refractivity (Wildman–Crippen MR) is 69.8 cm³/mol. The molecule has 2 atom stereocenters. The highest BCUT2D eigenvalue weighted by molar-refractivity contribution is 5.80. The molecule has 0 aromatic carbocycles. The van der Waals surface area contributed by atoms with Crippen molar-refractivity contribution in [3.8, 4) is 0 Å². The van der Waals surface area contributed by atoms with E-state index in [2.05, 4.69) is 17.1 Å². The van der Waals surface area contributed by atoms with Gasteiger partial charge < -0.3 is 10.2 Å². The van der Waals surface area contributed by atoms with Crippen molar-refractivity contribution in [1.82, 2.24) is 10.2 Å². The molecule has 3 heteroatoms. The predicted octanol–water partition coefficient (Wildman–Crippen LogP) is 2.17. The Kier molecular flexibility index (Phi) is 4.43. The van der Waals surface area contributed by atoms with E-state index in [1.807, 2.05) is 7.05 Å². The van der Waals surface area contributed by atoms with Crippen LogP contribution in [0.1, 0.15) is 51.9 Å². The minimum atomic E-state index is 0.211. The molecule has 0 radical (unpaired) electrons. The summed E-state index contributed by atoms with van der Waals surface area (Å²) in [7, 11) is 2.02. The van der Waals surface area contributed by atoms with Crippen molar-refractivity contribution < 1.29 is 4.79 Å². The SMILES string of the molecule is CC1NCCC1C(=O)N(C)C1CCCCCC1. The Balaban J connectivity index is 1.93. The maximum absolute atomic E-state index is 12.5. The summed E-state index contributed by atoms with van der Waals surface area (Å²) in [6, 6.07) is 0.855. The molecule has 0 bridgehead atoms. The molecule has 2 rings (SSSR count). The number of carbonyl (C=O) groups is 1. The van der Waals surface area contributed by atoms with Crippen molar-refractivity contribution in [1.29, 1.82) is 0 Å². The molecule has 2 unspecified atom stereocenters. The number of amides is 1. The van der Waals surface area contributed by atoms with Crippen LogP contribution < -0.4 is 5.32 Å². The summed E-state index contributed by atoms with van der Waals surface area (Å²) in [6.45, 7) is 3.13. The third-order valence-electron chi connectivity index (χ3n) is 4.56. The third-order valence-corrected chi connectivity index (χ3v) is 4.56. The molecule has 1 amide bonds. The standard InChI is InChI=1S/C14H26N2O/c1-11-13(9-10-15-11)14(17)16(2)12-7-5-3-4-6-8-12/h11-13,15H,3-10H2,1-2H3. The molecule has 1 saturated heterocycles. The van der Waals surface area contributed by atoms with Crippen LogP contribution in [0.25, 0.3) is 0 Å². The van der Waals surface area contributed by atoms with Gasteiger partial charge in [-0.25, -0.2) is 0 Å². The quantitative estimate of drug-likeness (QED) is 0.748. The van der Waals surface area contributed by atoms with Crippen LogP contribution in [-0.4, -0.2) is 36.5 Å². The molecule has 3 nitrogen and oxygen atoms in total. The molecule has 0 spiro atoms. The zero-order valence-corrected chi connectivity index (χ0v) is 11.2. The number of hydrogen-bond donors (Lipinski definition) is 1. The molecule has 2 aliphatic rings. The average molecular weight is 238 g/mol. The van der Waals surface area contributed by atoms with Gasteiger partial charge in [0.1, 0.15) is 0 Å². The maximum Gasteiger partial charge on any atom is 0.227 e. The monoisotopic (exact) mass is 238 g/mol. The number of carbonyl (C=O) groups excluding carboxylic acids is 1. The van der Waals surface area contributed by atoms with Crippen molar-refractivity contribution in [3.05, 3.63) is 0 Å². The molecular weight excluding hydrogens is 212 g/mol. The smallest absolute Gasteiger partial charge is 0.227 e. The van der Waals surface area contributed by atoms with Crippen LogP contribution in [0.3, 0.4) is 0 Å². The third kappa shape index (κ3) is 3.01. The Bertz CT molecular complexity index is 259. The van der Waals surface area contributed by atoms with Gasteiger partial charge in [0.2, 0.25) is 5.91 Å². The van der Waals surface area contributed by atoms with Crippen molar-refractivity contribution in [2.75, 3.05) is 13.6 Å². The fraction of sp³-hybridized carbons (Fsp3) is 0.929. The van der Waals surface area contributed by atoms with Crippen LogP contribution >= 0.6 is 0 Å². The summed E-state index contributed by atoms with van der Waals surface area (Å²) in [5.41, 5.74) is 0. The number of nitrogens with zero attached hydrogens (tertiary/aromatic N) is 1. The first-order chi connectivity index (χ1) is 8.20. The van der Waals surface area contributed by atoms with Gasteiger partial charge >= 0.3 is 0 Å². The number of hydrogen-bond acceptors (Lipinski definition) is 2. The largest absolute Gasteiger partial charge is 0.342 e. The van der Waals surface area contributed by atoms with E-state index in [4.69, 9.17) is 0 Å². The summed E-state index contributed by atoms with van der Waals surface area (Å²) >= 11 is 0. The van der Waals surface area contributed by atoms with Gasteiger partial charge in [0.25, 0.3) is 0 Å². The molecule has 17 heavy (non-hydrogen) atoms. The first-order valence-corrected chi connectivity index (χ1v) is 7.20. The topological polar surface area (TPSA) is 32.3 Å². The van der Waals surface area contributed by atoms with E-state index in [1.165, 1.54) is 38.5 Å². The van der Waals surface area contributed by atoms with Crippen LogP contribution in [0.15, 0.2) is 0 Å². The molecule has 2 fully saturated rings. The van der Waals surface area contributed by atoms with Crippen LogP contribution in [-0.2, 0) is 4.79 Å². The van der Waals surface area contributed by atoms with Crippen LogP contribution in [0.2, 0.25) is 0 Å². The summed E-state index contributed by atoms with van der Waals surface area (Å²) < 4.78 is 0. The van der Waals surface area contributed by atoms with Gasteiger partial charge in [-0.05, 0) is 32.7 Å². The molecule has 0 aromatic heterocycles.